The van der Waals surface area contributed by atoms with E-state index in [9.17, 15) is 8.42 Å². The number of pyridine rings is 1. The Kier molecular flexibility index (Phi) is 6.79. The summed E-state index contributed by atoms with van der Waals surface area (Å²) in [5.74, 6) is 0.305. The van der Waals surface area contributed by atoms with Crippen molar-refractivity contribution < 1.29 is 17.9 Å². The zero-order valence-electron chi connectivity index (χ0n) is 18.3. The SMILES string of the molecule is CCN1CCc2cc(NS(=O)(=O)c3ccc([C@@H]4CCCCO4)cc3)c(OC)nc2CC1. The number of ether oxygens (including phenoxy) is 2. The molecule has 2 aliphatic heterocycles. The number of rotatable bonds is 6. The van der Waals surface area contributed by atoms with E-state index in [1.165, 1.54) is 7.11 Å². The first-order valence-corrected chi connectivity index (χ1v) is 12.5. The number of likely N-dealkylation sites (N-methyl/N-ethyl adjacent to an activating group) is 1. The fourth-order valence-corrected chi connectivity index (χ4v) is 5.32. The number of anilines is 1. The third kappa shape index (κ3) is 5.02. The summed E-state index contributed by atoms with van der Waals surface area (Å²) >= 11 is 0. The van der Waals surface area contributed by atoms with E-state index < -0.39 is 10.0 Å². The maximum absolute atomic E-state index is 13.1. The van der Waals surface area contributed by atoms with Crippen LogP contribution >= 0.6 is 0 Å². The van der Waals surface area contributed by atoms with Gasteiger partial charge in [-0.1, -0.05) is 19.1 Å². The normalized spacial score (nSPS) is 20.0. The highest BCUT2D eigenvalue weighted by Crippen LogP contribution is 2.31. The molecule has 168 valence electrons. The number of sulfonamides is 1. The monoisotopic (exact) mass is 445 g/mol. The lowest BCUT2D eigenvalue weighted by molar-refractivity contribution is 0.0149. The molecule has 0 radical (unpaired) electrons. The fraction of sp³-hybridized carbons (Fsp3) is 0.522. The molecule has 1 aromatic heterocycles. The molecule has 7 nitrogen and oxygen atoms in total. The highest BCUT2D eigenvalue weighted by molar-refractivity contribution is 7.92. The van der Waals surface area contributed by atoms with E-state index in [0.717, 1.165) is 75.2 Å². The highest BCUT2D eigenvalue weighted by atomic mass is 32.2. The Labute approximate surface area is 184 Å². The van der Waals surface area contributed by atoms with Crippen LogP contribution in [-0.4, -0.2) is 51.7 Å². The molecule has 1 saturated heterocycles. The van der Waals surface area contributed by atoms with Crippen LogP contribution in [0.5, 0.6) is 5.88 Å². The number of fused-ring (bicyclic) bond motifs is 1. The standard InChI is InChI=1S/C23H31N3O4S/c1-3-26-13-11-18-16-21(23(29-2)24-20(18)12-14-26)25-31(27,28)19-9-7-17(8-10-19)22-6-4-5-15-30-22/h7-10,16,22,25H,3-6,11-15H2,1-2H3/t22-/m0/s1. The van der Waals surface area contributed by atoms with Crippen LogP contribution < -0.4 is 9.46 Å². The largest absolute Gasteiger partial charge is 0.479 e. The summed E-state index contributed by atoms with van der Waals surface area (Å²) in [5, 5.41) is 0. The Hall–Kier alpha value is -2.16. The topological polar surface area (TPSA) is 80.8 Å². The summed E-state index contributed by atoms with van der Waals surface area (Å²) in [7, 11) is -2.25. The zero-order valence-corrected chi connectivity index (χ0v) is 19.1. The second-order valence-corrected chi connectivity index (χ2v) is 9.80. The van der Waals surface area contributed by atoms with Gasteiger partial charge in [0.25, 0.3) is 10.0 Å². The summed E-state index contributed by atoms with van der Waals surface area (Å²) in [5.41, 5.74) is 3.45. The molecule has 0 spiro atoms. The number of benzene rings is 1. The van der Waals surface area contributed by atoms with E-state index in [1.807, 2.05) is 18.2 Å². The lowest BCUT2D eigenvalue weighted by Crippen LogP contribution is -2.25. The van der Waals surface area contributed by atoms with Gasteiger partial charge < -0.3 is 14.4 Å². The maximum Gasteiger partial charge on any atom is 0.262 e. The summed E-state index contributed by atoms with van der Waals surface area (Å²) in [6.45, 7) is 5.78. The van der Waals surface area contributed by atoms with Gasteiger partial charge in [-0.25, -0.2) is 13.4 Å². The third-order valence-electron chi connectivity index (χ3n) is 6.15. The molecule has 1 aromatic carbocycles. The van der Waals surface area contributed by atoms with Crippen molar-refractivity contribution in [3.05, 3.63) is 47.2 Å². The number of hydrogen-bond acceptors (Lipinski definition) is 6. The first-order chi connectivity index (χ1) is 15.0. The average Bonchev–Trinajstić information content (AvgIpc) is 3.00. The first-order valence-electron chi connectivity index (χ1n) is 11.0. The van der Waals surface area contributed by atoms with E-state index in [1.54, 1.807) is 12.1 Å². The molecule has 1 atom stereocenters. The number of hydrogen-bond donors (Lipinski definition) is 1. The molecule has 2 aliphatic rings. The molecule has 8 heteroatoms. The van der Waals surface area contributed by atoms with Crippen LogP contribution in [0.3, 0.4) is 0 Å². The van der Waals surface area contributed by atoms with Crippen molar-refractivity contribution in [3.63, 3.8) is 0 Å². The Bertz CT molecular complexity index is 1000. The predicted octanol–water partition coefficient (Wildman–Crippen LogP) is 3.55. The highest BCUT2D eigenvalue weighted by Gasteiger charge is 2.22. The summed E-state index contributed by atoms with van der Waals surface area (Å²) in [6, 6.07) is 8.84. The summed E-state index contributed by atoms with van der Waals surface area (Å²) in [6.07, 6.45) is 4.91. The molecule has 0 amide bonds. The molecule has 0 saturated carbocycles. The summed E-state index contributed by atoms with van der Waals surface area (Å²) < 4.78 is 40.0. The average molecular weight is 446 g/mol. The molecule has 1 fully saturated rings. The zero-order chi connectivity index (χ0) is 21.8. The molecule has 0 aliphatic carbocycles. The number of nitrogens with one attached hydrogen (secondary N) is 1. The minimum absolute atomic E-state index is 0.0509. The van der Waals surface area contributed by atoms with E-state index in [2.05, 4.69) is 21.5 Å². The van der Waals surface area contributed by atoms with Crippen LogP contribution in [0.2, 0.25) is 0 Å². The molecule has 0 bridgehead atoms. The van der Waals surface area contributed by atoms with Gasteiger partial charge >= 0.3 is 0 Å². The van der Waals surface area contributed by atoms with Gasteiger partial charge in [0.2, 0.25) is 5.88 Å². The van der Waals surface area contributed by atoms with E-state index in [-0.39, 0.29) is 11.0 Å². The first kappa shape index (κ1) is 22.0. The van der Waals surface area contributed by atoms with Crippen molar-refractivity contribution in [2.45, 2.75) is 50.0 Å². The lowest BCUT2D eigenvalue weighted by atomic mass is 10.0. The van der Waals surface area contributed by atoms with Crippen LogP contribution in [0, 0.1) is 0 Å². The van der Waals surface area contributed by atoms with Gasteiger partial charge in [0.1, 0.15) is 5.69 Å². The fourth-order valence-electron chi connectivity index (χ4n) is 4.28. The Morgan fingerprint density at radius 3 is 2.65 bits per heavy atom. The van der Waals surface area contributed by atoms with E-state index >= 15 is 0 Å². The smallest absolute Gasteiger partial charge is 0.262 e. The van der Waals surface area contributed by atoms with Crippen molar-refractivity contribution >= 4 is 15.7 Å². The Morgan fingerprint density at radius 2 is 1.97 bits per heavy atom. The number of nitrogens with zero attached hydrogens (tertiary/aromatic N) is 2. The second-order valence-electron chi connectivity index (χ2n) is 8.12. The van der Waals surface area contributed by atoms with Gasteiger partial charge in [0.15, 0.2) is 0 Å². The van der Waals surface area contributed by atoms with Gasteiger partial charge in [-0.15, -0.1) is 0 Å². The van der Waals surface area contributed by atoms with Crippen molar-refractivity contribution in [1.82, 2.24) is 9.88 Å². The molecule has 2 aromatic rings. The van der Waals surface area contributed by atoms with Crippen molar-refractivity contribution in [1.29, 1.82) is 0 Å². The predicted molar refractivity (Wildman–Crippen MR) is 120 cm³/mol. The van der Waals surface area contributed by atoms with Crippen LogP contribution in [0.25, 0.3) is 0 Å². The molecule has 31 heavy (non-hydrogen) atoms. The van der Waals surface area contributed by atoms with Gasteiger partial charge in [-0.05, 0) is 61.6 Å². The third-order valence-corrected chi connectivity index (χ3v) is 7.53. The minimum atomic E-state index is -3.77. The lowest BCUT2D eigenvalue weighted by Gasteiger charge is -2.23. The second kappa shape index (κ2) is 9.54. The van der Waals surface area contributed by atoms with Crippen LogP contribution in [0.4, 0.5) is 5.69 Å². The molecule has 0 unspecified atom stereocenters. The van der Waals surface area contributed by atoms with Gasteiger partial charge in [-0.3, -0.25) is 4.72 Å². The summed E-state index contributed by atoms with van der Waals surface area (Å²) in [4.78, 5) is 7.20. The van der Waals surface area contributed by atoms with Crippen molar-refractivity contribution in [3.8, 4) is 5.88 Å². The van der Waals surface area contributed by atoms with Crippen LogP contribution in [-0.2, 0) is 27.6 Å². The van der Waals surface area contributed by atoms with E-state index in [0.29, 0.717) is 11.6 Å². The molecule has 4 rings (SSSR count). The van der Waals surface area contributed by atoms with Gasteiger partial charge in [-0.2, -0.15) is 0 Å². The van der Waals surface area contributed by atoms with Crippen LogP contribution in [0.15, 0.2) is 35.2 Å². The van der Waals surface area contributed by atoms with Crippen LogP contribution in [0.1, 0.15) is 49.1 Å². The quantitative estimate of drug-likeness (QED) is 0.732. The maximum atomic E-state index is 13.1. The minimum Gasteiger partial charge on any atom is -0.479 e. The molecular formula is C23H31N3O4S. The Morgan fingerprint density at radius 1 is 1.19 bits per heavy atom. The van der Waals surface area contributed by atoms with Gasteiger partial charge in [0.05, 0.1) is 18.1 Å². The number of aromatic nitrogens is 1. The van der Waals surface area contributed by atoms with E-state index in [4.69, 9.17) is 9.47 Å². The molecule has 3 heterocycles. The van der Waals surface area contributed by atoms with Crippen molar-refractivity contribution in [2.24, 2.45) is 0 Å². The Balaban J connectivity index is 1.55. The number of methoxy groups -OCH3 is 1. The molecular weight excluding hydrogens is 414 g/mol. The van der Waals surface area contributed by atoms with Crippen molar-refractivity contribution in [2.75, 3.05) is 38.1 Å². The van der Waals surface area contributed by atoms with Gasteiger partial charge in [0, 0.05) is 31.8 Å². The molecule has 1 N–H and O–H groups in total.